The SMILES string of the molecule is COc1cc(NCCCc2ccc(OCCN(C)C(C)(C)C)c(F)c2)c([C@@H]2CCc3cc(O)ccc3C2)cc1OC. The van der Waals surface area contributed by atoms with Gasteiger partial charge < -0.3 is 24.6 Å². The fourth-order valence-corrected chi connectivity index (χ4v) is 5.35. The molecule has 0 heterocycles. The Bertz CT molecular complexity index is 1320. The summed E-state index contributed by atoms with van der Waals surface area (Å²) in [6.45, 7) is 8.34. The summed E-state index contributed by atoms with van der Waals surface area (Å²) in [4.78, 5) is 2.19. The number of ether oxygens (including phenoxy) is 3. The zero-order chi connectivity index (χ0) is 29.6. The van der Waals surface area contributed by atoms with Crippen molar-refractivity contribution in [1.29, 1.82) is 0 Å². The standard InChI is InChI=1S/C34H45FN2O4/c1-34(2,3)37(4)16-17-41-31-14-9-23(18-29(31)35)8-7-15-36-30-22-33(40-6)32(39-5)21-28(30)26-11-10-25-20-27(38)13-12-24(25)19-26/h9,12-14,18,20-22,26,36,38H,7-8,10-11,15-17,19H2,1-6H3/t26-/m1/s1. The Morgan fingerprint density at radius 1 is 0.976 bits per heavy atom. The Labute approximate surface area is 244 Å². The van der Waals surface area contributed by atoms with Crippen LogP contribution in [0, 0.1) is 5.82 Å². The van der Waals surface area contributed by atoms with E-state index in [2.05, 4.69) is 37.1 Å². The van der Waals surface area contributed by atoms with Crippen LogP contribution in [-0.2, 0) is 19.3 Å². The maximum Gasteiger partial charge on any atom is 0.165 e. The number of aromatic hydroxyl groups is 1. The second kappa shape index (κ2) is 13.5. The van der Waals surface area contributed by atoms with Gasteiger partial charge in [-0.2, -0.15) is 0 Å². The molecule has 0 spiro atoms. The van der Waals surface area contributed by atoms with Gasteiger partial charge in [-0.05, 0) is 118 Å². The van der Waals surface area contributed by atoms with Crippen molar-refractivity contribution >= 4 is 5.69 Å². The molecule has 0 amide bonds. The van der Waals surface area contributed by atoms with E-state index in [1.807, 2.05) is 31.3 Å². The minimum atomic E-state index is -0.318. The van der Waals surface area contributed by atoms with Crippen LogP contribution in [-0.4, -0.2) is 56.5 Å². The molecule has 0 bridgehead atoms. The quantitative estimate of drug-likeness (QED) is 0.232. The van der Waals surface area contributed by atoms with Crippen LogP contribution in [0.2, 0.25) is 0 Å². The number of methoxy groups -OCH3 is 2. The number of nitrogens with zero attached hydrogens (tertiary/aromatic N) is 1. The number of hydrogen-bond donors (Lipinski definition) is 2. The molecule has 1 atom stereocenters. The molecule has 0 fully saturated rings. The van der Waals surface area contributed by atoms with Crippen molar-refractivity contribution in [3.05, 3.63) is 76.6 Å². The molecule has 0 radical (unpaired) electrons. The van der Waals surface area contributed by atoms with Crippen molar-refractivity contribution in [3.63, 3.8) is 0 Å². The van der Waals surface area contributed by atoms with E-state index < -0.39 is 0 Å². The lowest BCUT2D eigenvalue weighted by molar-refractivity contribution is 0.142. The van der Waals surface area contributed by atoms with E-state index in [9.17, 15) is 9.50 Å². The molecule has 1 aliphatic carbocycles. The van der Waals surface area contributed by atoms with E-state index in [-0.39, 0.29) is 11.4 Å². The predicted molar refractivity (Wildman–Crippen MR) is 164 cm³/mol. The summed E-state index contributed by atoms with van der Waals surface area (Å²) in [5, 5.41) is 13.5. The molecule has 0 aliphatic heterocycles. The predicted octanol–water partition coefficient (Wildman–Crippen LogP) is 6.97. The summed E-state index contributed by atoms with van der Waals surface area (Å²) >= 11 is 0. The highest BCUT2D eigenvalue weighted by atomic mass is 19.1. The Morgan fingerprint density at radius 2 is 1.73 bits per heavy atom. The Morgan fingerprint density at radius 3 is 2.44 bits per heavy atom. The Hall–Kier alpha value is -3.45. The number of anilines is 1. The fourth-order valence-electron chi connectivity index (χ4n) is 5.35. The van der Waals surface area contributed by atoms with Gasteiger partial charge >= 0.3 is 0 Å². The van der Waals surface area contributed by atoms with E-state index in [4.69, 9.17) is 14.2 Å². The molecule has 2 N–H and O–H groups in total. The zero-order valence-electron chi connectivity index (χ0n) is 25.4. The maximum atomic E-state index is 14.7. The van der Waals surface area contributed by atoms with E-state index in [1.165, 1.54) is 16.7 Å². The molecule has 1 aliphatic rings. The number of halogens is 1. The normalized spacial score (nSPS) is 15.0. The van der Waals surface area contributed by atoms with Gasteiger partial charge in [-0.3, -0.25) is 4.90 Å². The molecule has 4 rings (SSSR count). The first kappa shape index (κ1) is 30.5. The number of hydrogen-bond acceptors (Lipinski definition) is 6. The third kappa shape index (κ3) is 7.85. The first-order chi connectivity index (χ1) is 19.6. The highest BCUT2D eigenvalue weighted by Gasteiger charge is 2.24. The summed E-state index contributed by atoms with van der Waals surface area (Å²) in [7, 11) is 5.35. The van der Waals surface area contributed by atoms with Gasteiger partial charge in [-0.15, -0.1) is 0 Å². The highest BCUT2D eigenvalue weighted by molar-refractivity contribution is 5.62. The zero-order valence-corrected chi connectivity index (χ0v) is 25.4. The minimum absolute atomic E-state index is 0.0458. The lowest BCUT2D eigenvalue weighted by Gasteiger charge is -2.31. The van der Waals surface area contributed by atoms with Crippen molar-refractivity contribution in [2.45, 2.75) is 64.3 Å². The monoisotopic (exact) mass is 564 g/mol. The van der Waals surface area contributed by atoms with Crippen LogP contribution < -0.4 is 19.5 Å². The van der Waals surface area contributed by atoms with Crippen molar-refractivity contribution in [2.24, 2.45) is 0 Å². The second-order valence-corrected chi connectivity index (χ2v) is 11.9. The summed E-state index contributed by atoms with van der Waals surface area (Å²) in [6, 6.07) is 15.1. The van der Waals surface area contributed by atoms with Gasteiger partial charge in [0, 0.05) is 30.4 Å². The molecular formula is C34H45FN2O4. The second-order valence-electron chi connectivity index (χ2n) is 11.9. The summed E-state index contributed by atoms with van der Waals surface area (Å²) in [5.41, 5.74) is 5.72. The van der Waals surface area contributed by atoms with Gasteiger partial charge in [0.1, 0.15) is 12.4 Å². The van der Waals surface area contributed by atoms with Crippen LogP contribution in [0.4, 0.5) is 10.1 Å². The first-order valence-corrected chi connectivity index (χ1v) is 14.5. The van der Waals surface area contributed by atoms with Gasteiger partial charge in [-0.1, -0.05) is 12.1 Å². The van der Waals surface area contributed by atoms with Gasteiger partial charge in [0.25, 0.3) is 0 Å². The molecule has 7 heteroatoms. The summed E-state index contributed by atoms with van der Waals surface area (Å²) < 4.78 is 31.7. The van der Waals surface area contributed by atoms with E-state index in [1.54, 1.807) is 32.4 Å². The number of aryl methyl sites for hydroxylation is 2. The first-order valence-electron chi connectivity index (χ1n) is 14.5. The molecule has 222 valence electrons. The lowest BCUT2D eigenvalue weighted by Crippen LogP contribution is -2.40. The Balaban J connectivity index is 1.37. The maximum absolute atomic E-state index is 14.7. The third-order valence-electron chi connectivity index (χ3n) is 8.20. The molecule has 0 saturated carbocycles. The molecule has 0 saturated heterocycles. The van der Waals surface area contributed by atoms with Crippen LogP contribution in [0.3, 0.4) is 0 Å². The minimum Gasteiger partial charge on any atom is -0.508 e. The van der Waals surface area contributed by atoms with Crippen molar-refractivity contribution in [3.8, 4) is 23.0 Å². The van der Waals surface area contributed by atoms with Gasteiger partial charge in [0.2, 0.25) is 0 Å². The van der Waals surface area contributed by atoms with Gasteiger partial charge in [0.05, 0.1) is 14.2 Å². The van der Waals surface area contributed by atoms with Crippen molar-refractivity contribution < 1.29 is 23.7 Å². The topological polar surface area (TPSA) is 63.2 Å². The third-order valence-corrected chi connectivity index (χ3v) is 8.20. The summed E-state index contributed by atoms with van der Waals surface area (Å²) in [5.74, 6) is 2.02. The number of phenolic OH excluding ortho intramolecular Hbond substituents is 1. The fraction of sp³-hybridized carbons (Fsp3) is 0.471. The van der Waals surface area contributed by atoms with Gasteiger partial charge in [-0.25, -0.2) is 4.39 Å². The van der Waals surface area contributed by atoms with E-state index >= 15 is 0 Å². The van der Waals surface area contributed by atoms with Crippen LogP contribution in [0.5, 0.6) is 23.0 Å². The molecule has 0 aromatic heterocycles. The van der Waals surface area contributed by atoms with Crippen molar-refractivity contribution in [1.82, 2.24) is 4.90 Å². The van der Waals surface area contributed by atoms with Crippen LogP contribution in [0.1, 0.15) is 61.8 Å². The molecule has 0 unspecified atom stereocenters. The van der Waals surface area contributed by atoms with E-state index in [0.717, 1.165) is 56.4 Å². The average Bonchev–Trinajstić information content (AvgIpc) is 2.95. The van der Waals surface area contributed by atoms with Crippen LogP contribution in [0.25, 0.3) is 0 Å². The smallest absolute Gasteiger partial charge is 0.165 e. The largest absolute Gasteiger partial charge is 0.508 e. The number of likely N-dealkylation sites (N-methyl/N-ethyl adjacent to an activating group) is 1. The van der Waals surface area contributed by atoms with E-state index in [0.29, 0.717) is 35.5 Å². The van der Waals surface area contributed by atoms with Crippen LogP contribution >= 0.6 is 0 Å². The number of fused-ring (bicyclic) bond motifs is 1. The molecule has 41 heavy (non-hydrogen) atoms. The Kier molecular flexibility index (Phi) is 10.0. The van der Waals surface area contributed by atoms with Crippen LogP contribution in [0.15, 0.2) is 48.5 Å². The lowest BCUT2D eigenvalue weighted by atomic mass is 9.79. The molecular weight excluding hydrogens is 519 g/mol. The molecule has 6 nitrogen and oxygen atoms in total. The number of rotatable bonds is 12. The number of nitrogens with one attached hydrogen (secondary N) is 1. The molecule has 3 aromatic rings. The number of phenols is 1. The average molecular weight is 565 g/mol. The van der Waals surface area contributed by atoms with Crippen molar-refractivity contribution in [2.75, 3.05) is 46.3 Å². The van der Waals surface area contributed by atoms with Gasteiger partial charge in [0.15, 0.2) is 23.1 Å². The highest BCUT2D eigenvalue weighted by Crippen LogP contribution is 2.42. The number of benzene rings is 3. The summed E-state index contributed by atoms with van der Waals surface area (Å²) in [6.07, 6.45) is 4.40. The molecule has 3 aromatic carbocycles.